The van der Waals surface area contributed by atoms with Gasteiger partial charge in [0.05, 0.1) is 20.3 Å². The van der Waals surface area contributed by atoms with Crippen molar-refractivity contribution in [2.45, 2.75) is 13.8 Å². The number of hydrogen-bond donors (Lipinski definition) is 0. The van der Waals surface area contributed by atoms with Crippen molar-refractivity contribution >= 4 is 18.0 Å². The first-order valence-corrected chi connectivity index (χ1v) is 8.41. The number of esters is 1. The van der Waals surface area contributed by atoms with Crippen LogP contribution >= 0.6 is 0 Å². The van der Waals surface area contributed by atoms with Crippen molar-refractivity contribution < 1.29 is 28.5 Å². The fourth-order valence-corrected chi connectivity index (χ4v) is 2.19. The first-order chi connectivity index (χ1) is 12.5. The number of rotatable bonds is 11. The molecule has 7 heteroatoms. The molecule has 1 aromatic carbocycles. The van der Waals surface area contributed by atoms with E-state index in [2.05, 4.69) is 0 Å². The van der Waals surface area contributed by atoms with Crippen LogP contribution < -0.4 is 9.47 Å². The van der Waals surface area contributed by atoms with Crippen molar-refractivity contribution in [3.05, 3.63) is 29.8 Å². The summed E-state index contributed by atoms with van der Waals surface area (Å²) in [7, 11) is 3.07. The van der Waals surface area contributed by atoms with E-state index in [-0.39, 0.29) is 32.2 Å². The maximum absolute atomic E-state index is 12.4. The molecule has 0 fully saturated rings. The molecule has 0 spiro atoms. The molecule has 0 aliphatic carbocycles. The Labute approximate surface area is 154 Å². The van der Waals surface area contributed by atoms with Crippen LogP contribution in [0.15, 0.2) is 24.3 Å². The summed E-state index contributed by atoms with van der Waals surface area (Å²) in [6, 6.07) is 5.43. The van der Waals surface area contributed by atoms with Crippen LogP contribution in [0.4, 0.5) is 0 Å². The number of benzene rings is 1. The molecule has 0 saturated carbocycles. The van der Waals surface area contributed by atoms with Crippen molar-refractivity contribution in [2.75, 3.05) is 47.1 Å². The molecule has 0 N–H and O–H groups in total. The van der Waals surface area contributed by atoms with Crippen molar-refractivity contribution in [2.24, 2.45) is 0 Å². The van der Waals surface area contributed by atoms with E-state index in [0.717, 1.165) is 5.56 Å². The van der Waals surface area contributed by atoms with Gasteiger partial charge >= 0.3 is 5.97 Å². The summed E-state index contributed by atoms with van der Waals surface area (Å²) < 4.78 is 20.8. The summed E-state index contributed by atoms with van der Waals surface area (Å²) in [5.74, 6) is 0.180. The van der Waals surface area contributed by atoms with E-state index in [0.29, 0.717) is 18.1 Å². The highest BCUT2D eigenvalue weighted by Crippen LogP contribution is 2.28. The maximum atomic E-state index is 12.4. The topological polar surface area (TPSA) is 74.3 Å². The highest BCUT2D eigenvalue weighted by molar-refractivity contribution is 5.83. The summed E-state index contributed by atoms with van der Waals surface area (Å²) in [5, 5.41) is 0. The predicted octanol–water partition coefficient (Wildman–Crippen LogP) is 2.15. The minimum atomic E-state index is -0.467. The number of methoxy groups -OCH3 is 2. The molecule has 0 radical (unpaired) electrons. The quantitative estimate of drug-likeness (QED) is 0.560. The van der Waals surface area contributed by atoms with Gasteiger partial charge in [-0.15, -0.1) is 0 Å². The van der Waals surface area contributed by atoms with Crippen LogP contribution in [0, 0.1) is 0 Å². The molecule has 0 atom stereocenters. The summed E-state index contributed by atoms with van der Waals surface area (Å²) in [5.41, 5.74) is 0.965. The molecule has 0 aliphatic rings. The van der Waals surface area contributed by atoms with Gasteiger partial charge in [0.25, 0.3) is 5.91 Å². The Morgan fingerprint density at radius 3 is 2.58 bits per heavy atom. The smallest absolute Gasteiger partial charge is 0.325 e. The minimum Gasteiger partial charge on any atom is -0.493 e. The second-order valence-corrected chi connectivity index (χ2v) is 5.31. The lowest BCUT2D eigenvalue weighted by Gasteiger charge is -2.21. The molecule has 0 aromatic heterocycles. The number of hydrogen-bond acceptors (Lipinski definition) is 6. The first kappa shape index (κ1) is 21.5. The van der Waals surface area contributed by atoms with Gasteiger partial charge in [-0.25, -0.2) is 0 Å². The third kappa shape index (κ3) is 7.14. The lowest BCUT2D eigenvalue weighted by Crippen LogP contribution is -2.41. The van der Waals surface area contributed by atoms with E-state index < -0.39 is 5.97 Å². The molecule has 0 bridgehead atoms. The van der Waals surface area contributed by atoms with Crippen molar-refractivity contribution in [3.8, 4) is 11.5 Å². The molecule has 0 saturated heterocycles. The van der Waals surface area contributed by atoms with Crippen molar-refractivity contribution in [3.63, 3.8) is 0 Å². The van der Waals surface area contributed by atoms with E-state index in [1.54, 1.807) is 13.0 Å². The molecule has 0 aliphatic heterocycles. The number of ether oxygens (including phenoxy) is 4. The second-order valence-electron chi connectivity index (χ2n) is 5.31. The highest BCUT2D eigenvalue weighted by atomic mass is 16.5. The van der Waals surface area contributed by atoms with Gasteiger partial charge in [0, 0.05) is 13.7 Å². The molecular formula is C19H27NO6. The summed E-state index contributed by atoms with van der Waals surface area (Å²) in [6.07, 6.45) is 3.85. The van der Waals surface area contributed by atoms with Crippen LogP contribution in [-0.2, 0) is 19.1 Å². The summed E-state index contributed by atoms with van der Waals surface area (Å²) in [6.45, 7) is 4.12. The number of nitrogens with zero attached hydrogens (tertiary/aromatic N) is 1. The molecule has 1 aromatic rings. The lowest BCUT2D eigenvalue weighted by atomic mass is 10.2. The van der Waals surface area contributed by atoms with Crippen molar-refractivity contribution in [1.82, 2.24) is 4.90 Å². The molecule has 7 nitrogen and oxygen atoms in total. The Bertz CT molecular complexity index is 614. The van der Waals surface area contributed by atoms with E-state index >= 15 is 0 Å². The Morgan fingerprint density at radius 1 is 1.19 bits per heavy atom. The van der Waals surface area contributed by atoms with E-state index in [9.17, 15) is 9.59 Å². The van der Waals surface area contributed by atoms with E-state index in [1.807, 2.05) is 31.2 Å². The Morgan fingerprint density at radius 2 is 1.96 bits per heavy atom. The number of allylic oxidation sites excluding steroid dienone is 1. The van der Waals surface area contributed by atoms with Crippen LogP contribution in [0.1, 0.15) is 19.4 Å². The van der Waals surface area contributed by atoms with Gasteiger partial charge in [-0.2, -0.15) is 0 Å². The van der Waals surface area contributed by atoms with Crippen LogP contribution in [-0.4, -0.2) is 63.9 Å². The number of amides is 1. The van der Waals surface area contributed by atoms with Gasteiger partial charge in [-0.05, 0) is 31.5 Å². The molecule has 26 heavy (non-hydrogen) atoms. The largest absolute Gasteiger partial charge is 0.493 e. The predicted molar refractivity (Wildman–Crippen MR) is 98.3 cm³/mol. The normalized spacial score (nSPS) is 10.6. The van der Waals surface area contributed by atoms with Gasteiger partial charge in [0.15, 0.2) is 18.1 Å². The first-order valence-electron chi connectivity index (χ1n) is 8.41. The third-order valence-corrected chi connectivity index (χ3v) is 3.44. The van der Waals surface area contributed by atoms with Crippen LogP contribution in [0.5, 0.6) is 11.5 Å². The zero-order valence-corrected chi connectivity index (χ0v) is 15.8. The van der Waals surface area contributed by atoms with Crippen LogP contribution in [0.2, 0.25) is 0 Å². The molecule has 1 rings (SSSR count). The maximum Gasteiger partial charge on any atom is 0.325 e. The van der Waals surface area contributed by atoms with Crippen LogP contribution in [0.25, 0.3) is 6.08 Å². The fraction of sp³-hybridized carbons (Fsp3) is 0.474. The lowest BCUT2D eigenvalue weighted by molar-refractivity contribution is -0.149. The van der Waals surface area contributed by atoms with Gasteiger partial charge in [0.1, 0.15) is 6.54 Å². The van der Waals surface area contributed by atoms with Crippen LogP contribution in [0.3, 0.4) is 0 Å². The molecule has 0 unspecified atom stereocenters. The average Bonchev–Trinajstić information content (AvgIpc) is 2.64. The van der Waals surface area contributed by atoms with E-state index in [4.69, 9.17) is 18.9 Å². The van der Waals surface area contributed by atoms with Gasteiger partial charge in [-0.3, -0.25) is 9.59 Å². The number of carbonyl (C=O) groups is 2. The van der Waals surface area contributed by atoms with Gasteiger partial charge in [0.2, 0.25) is 0 Å². The zero-order chi connectivity index (χ0) is 19.4. The Balaban J connectivity index is 2.75. The number of carbonyl (C=O) groups excluding carboxylic acids is 2. The summed E-state index contributed by atoms with van der Waals surface area (Å²) in [4.78, 5) is 25.4. The third-order valence-electron chi connectivity index (χ3n) is 3.44. The van der Waals surface area contributed by atoms with Gasteiger partial charge < -0.3 is 23.8 Å². The van der Waals surface area contributed by atoms with Crippen molar-refractivity contribution in [1.29, 1.82) is 0 Å². The summed E-state index contributed by atoms with van der Waals surface area (Å²) >= 11 is 0. The SMILES string of the molecule is C/C=C/c1ccc(OCC(=O)N(CCOC)CC(=O)OCC)c(OC)c1. The molecule has 0 heterocycles. The average molecular weight is 365 g/mol. The minimum absolute atomic E-state index is 0.142. The van der Waals surface area contributed by atoms with E-state index in [1.165, 1.54) is 19.1 Å². The fourth-order valence-electron chi connectivity index (χ4n) is 2.19. The monoisotopic (exact) mass is 365 g/mol. The highest BCUT2D eigenvalue weighted by Gasteiger charge is 2.19. The molecule has 144 valence electrons. The zero-order valence-electron chi connectivity index (χ0n) is 15.8. The Kier molecular flexibility index (Phi) is 9.86. The second kappa shape index (κ2) is 11.9. The Hall–Kier alpha value is -2.54. The molecular weight excluding hydrogens is 338 g/mol. The standard InChI is InChI=1S/C19H27NO6/c1-5-7-15-8-9-16(17(12-15)24-4)26-14-18(21)20(10-11-23-3)13-19(22)25-6-2/h5,7-9,12H,6,10-11,13-14H2,1-4H3/b7-5+. The molecule has 1 amide bonds. The van der Waals surface area contributed by atoms with Gasteiger partial charge in [-0.1, -0.05) is 18.2 Å².